The third-order valence-corrected chi connectivity index (χ3v) is 7.67. The first kappa shape index (κ1) is 31.2. The van der Waals surface area contributed by atoms with E-state index in [0.717, 1.165) is 33.0 Å². The average molecular weight is 552 g/mol. The third-order valence-electron chi connectivity index (χ3n) is 5.84. The number of hydrogen-bond acceptors (Lipinski definition) is 5. The van der Waals surface area contributed by atoms with Crippen molar-refractivity contribution in [1.82, 2.24) is 9.21 Å². The molecule has 0 saturated carbocycles. The number of nitrogens with zero attached hydrogens (tertiary/aromatic N) is 2. The van der Waals surface area contributed by atoms with Crippen LogP contribution in [0.1, 0.15) is 47.1 Å². The normalized spacial score (nSPS) is 13.8. The number of amides is 2. The maximum Gasteiger partial charge on any atom is 0.408 e. The van der Waals surface area contributed by atoms with E-state index in [1.807, 2.05) is 32.0 Å². The van der Waals surface area contributed by atoms with Crippen LogP contribution in [-0.4, -0.2) is 70.6 Å². The molecule has 9 nitrogen and oxygen atoms in total. The summed E-state index contributed by atoms with van der Waals surface area (Å²) >= 11 is 0. The van der Waals surface area contributed by atoms with Gasteiger partial charge in [0.1, 0.15) is 5.82 Å². The highest BCUT2D eigenvalue weighted by atomic mass is 32.2. The smallest absolute Gasteiger partial charge is 0.408 e. The minimum atomic E-state index is -4.26. The molecule has 0 unspecified atom stereocenters. The molecule has 0 aromatic heterocycles. The Kier molecular flexibility index (Phi) is 10.4. The minimum absolute atomic E-state index is 0.0207. The summed E-state index contributed by atoms with van der Waals surface area (Å²) in [6, 6.07) is 11.2. The number of aliphatic hydroxyl groups is 1. The first-order valence-corrected chi connectivity index (χ1v) is 13.8. The summed E-state index contributed by atoms with van der Waals surface area (Å²) in [4.78, 5) is 24.7. The number of carbonyl (C=O) groups is 2. The van der Waals surface area contributed by atoms with Crippen molar-refractivity contribution in [3.05, 3.63) is 59.9 Å². The molecule has 2 aromatic rings. The molecule has 0 bridgehead atoms. The van der Waals surface area contributed by atoms with Crippen molar-refractivity contribution in [2.45, 2.75) is 70.5 Å². The van der Waals surface area contributed by atoms with Crippen molar-refractivity contribution >= 4 is 27.7 Å². The highest BCUT2D eigenvalue weighted by Gasteiger charge is 2.39. The molecule has 0 aliphatic heterocycles. The molecule has 0 saturated heterocycles. The van der Waals surface area contributed by atoms with E-state index >= 15 is 0 Å². The molecule has 11 heteroatoms. The fraction of sp³-hybridized carbons (Fsp3) is 0.481. The minimum Gasteiger partial charge on any atom is -0.465 e. The second kappa shape index (κ2) is 12.7. The van der Waals surface area contributed by atoms with Crippen LogP contribution in [0.25, 0.3) is 0 Å². The van der Waals surface area contributed by atoms with E-state index in [1.165, 1.54) is 6.92 Å². The zero-order valence-corrected chi connectivity index (χ0v) is 23.5. The van der Waals surface area contributed by atoms with E-state index in [4.69, 9.17) is 0 Å². The monoisotopic (exact) mass is 551 g/mol. The van der Waals surface area contributed by atoms with Gasteiger partial charge < -0.3 is 15.5 Å². The van der Waals surface area contributed by atoms with Gasteiger partial charge in [-0.1, -0.05) is 44.2 Å². The maximum atomic E-state index is 14.2. The van der Waals surface area contributed by atoms with Gasteiger partial charge in [0.2, 0.25) is 15.9 Å². The number of rotatable bonds is 11. The molecule has 3 N–H and O–H groups in total. The number of sulfonamides is 1. The van der Waals surface area contributed by atoms with Gasteiger partial charge in [0.15, 0.2) is 0 Å². The van der Waals surface area contributed by atoms with Gasteiger partial charge in [-0.15, -0.1) is 0 Å². The number of aliphatic hydroxyl groups excluding tert-OH is 1. The number of nitrogens with one attached hydrogen (secondary N) is 1. The summed E-state index contributed by atoms with van der Waals surface area (Å²) < 4.78 is 42.6. The number of carbonyl (C=O) groups excluding carboxylic acids is 1. The molecule has 210 valence electrons. The van der Waals surface area contributed by atoms with Crippen LogP contribution in [0.5, 0.6) is 0 Å². The molecular weight excluding hydrogens is 513 g/mol. The number of halogens is 1. The summed E-state index contributed by atoms with van der Waals surface area (Å²) in [5, 5.41) is 23.8. The third kappa shape index (κ3) is 8.24. The summed E-state index contributed by atoms with van der Waals surface area (Å²) in [6.07, 6.45) is -2.48. The van der Waals surface area contributed by atoms with Crippen molar-refractivity contribution in [3.8, 4) is 0 Å². The molecule has 0 aliphatic carbocycles. The van der Waals surface area contributed by atoms with Crippen molar-refractivity contribution in [1.29, 1.82) is 0 Å². The molecule has 0 radical (unpaired) electrons. The van der Waals surface area contributed by atoms with Crippen molar-refractivity contribution in [2.75, 3.05) is 18.4 Å². The lowest BCUT2D eigenvalue weighted by Gasteiger charge is -2.42. The molecule has 0 fully saturated rings. The van der Waals surface area contributed by atoms with Gasteiger partial charge in [-0.2, -0.15) is 4.31 Å². The standard InChI is InChI=1S/C27H38FN3O6S/c1-18(2)16-30(38(36,37)21-12-13-22(28)23(15-21)29-19(3)32)17-25(33)24(14-20-10-8-7-9-11-20)31(26(34)35)27(4,5)6/h7-13,15,18,24-25,33H,14,16-17H2,1-6H3,(H,29,32)(H,34,35)/t24-,25+/m0/s1. The highest BCUT2D eigenvalue weighted by Crippen LogP contribution is 2.27. The zero-order valence-electron chi connectivity index (χ0n) is 22.7. The van der Waals surface area contributed by atoms with Crippen molar-refractivity contribution in [2.24, 2.45) is 5.92 Å². The van der Waals surface area contributed by atoms with E-state index in [0.29, 0.717) is 0 Å². The van der Waals surface area contributed by atoms with Gasteiger partial charge in [0.05, 0.1) is 22.7 Å². The lowest BCUT2D eigenvalue weighted by atomic mass is 9.94. The predicted octanol–water partition coefficient (Wildman–Crippen LogP) is 4.18. The summed E-state index contributed by atoms with van der Waals surface area (Å²) in [5.41, 5.74) is -0.391. The van der Waals surface area contributed by atoms with Gasteiger partial charge in [0, 0.05) is 25.6 Å². The summed E-state index contributed by atoms with van der Waals surface area (Å²) in [7, 11) is -4.26. The first-order valence-electron chi connectivity index (χ1n) is 12.4. The van der Waals surface area contributed by atoms with Crippen LogP contribution < -0.4 is 5.32 Å². The summed E-state index contributed by atoms with van der Waals surface area (Å²) in [5.74, 6) is -1.49. The van der Waals surface area contributed by atoms with Crippen LogP contribution >= 0.6 is 0 Å². The quantitative estimate of drug-likeness (QED) is 0.385. The Balaban J connectivity index is 2.52. The predicted molar refractivity (Wildman–Crippen MR) is 144 cm³/mol. The van der Waals surface area contributed by atoms with Crippen molar-refractivity contribution < 1.29 is 32.6 Å². The van der Waals surface area contributed by atoms with Crippen LogP contribution in [0.4, 0.5) is 14.9 Å². The molecule has 0 spiro atoms. The van der Waals surface area contributed by atoms with Crippen LogP contribution in [0.15, 0.2) is 53.4 Å². The topological polar surface area (TPSA) is 127 Å². The Morgan fingerprint density at radius 1 is 1.05 bits per heavy atom. The Morgan fingerprint density at radius 3 is 2.16 bits per heavy atom. The fourth-order valence-electron chi connectivity index (χ4n) is 4.29. The van der Waals surface area contributed by atoms with E-state index in [9.17, 15) is 32.6 Å². The zero-order chi connectivity index (χ0) is 28.8. The Hall–Kier alpha value is -3.02. The van der Waals surface area contributed by atoms with E-state index in [-0.39, 0.29) is 29.5 Å². The molecule has 2 rings (SSSR count). The van der Waals surface area contributed by atoms with E-state index in [1.54, 1.807) is 32.9 Å². The van der Waals surface area contributed by atoms with Gasteiger partial charge in [-0.3, -0.25) is 9.69 Å². The Bertz CT molecular complexity index is 1220. The first-order chi connectivity index (χ1) is 17.5. The molecule has 0 aliphatic rings. The van der Waals surface area contributed by atoms with Crippen LogP contribution in [-0.2, 0) is 21.2 Å². The van der Waals surface area contributed by atoms with Crippen LogP contribution in [0, 0.1) is 11.7 Å². The fourth-order valence-corrected chi connectivity index (χ4v) is 5.94. The van der Waals surface area contributed by atoms with E-state index in [2.05, 4.69) is 5.32 Å². The lowest BCUT2D eigenvalue weighted by molar-refractivity contribution is -0.114. The number of benzene rings is 2. The number of carboxylic acid groups (broad SMARTS) is 1. The Labute approximate surface area is 224 Å². The van der Waals surface area contributed by atoms with Gasteiger partial charge >= 0.3 is 6.09 Å². The van der Waals surface area contributed by atoms with Crippen LogP contribution in [0.2, 0.25) is 0 Å². The number of anilines is 1. The molecular formula is C27H38FN3O6S. The molecule has 2 atom stereocenters. The lowest BCUT2D eigenvalue weighted by Crippen LogP contribution is -2.58. The van der Waals surface area contributed by atoms with Crippen molar-refractivity contribution in [3.63, 3.8) is 0 Å². The maximum absolute atomic E-state index is 14.2. The Morgan fingerprint density at radius 2 is 1.66 bits per heavy atom. The molecule has 2 aromatic carbocycles. The highest BCUT2D eigenvalue weighted by molar-refractivity contribution is 7.89. The largest absolute Gasteiger partial charge is 0.465 e. The van der Waals surface area contributed by atoms with Crippen LogP contribution in [0.3, 0.4) is 0 Å². The second-order valence-corrected chi connectivity index (χ2v) is 12.6. The average Bonchev–Trinajstić information content (AvgIpc) is 2.78. The second-order valence-electron chi connectivity index (χ2n) is 10.7. The SMILES string of the molecule is CC(=O)Nc1cc(S(=O)(=O)N(CC(C)C)C[C@@H](O)[C@H](Cc2ccccc2)N(C(=O)O)C(C)(C)C)ccc1F. The van der Waals surface area contributed by atoms with Gasteiger partial charge in [-0.25, -0.2) is 17.6 Å². The molecule has 2 amide bonds. The van der Waals surface area contributed by atoms with Gasteiger partial charge in [0.25, 0.3) is 0 Å². The summed E-state index contributed by atoms with van der Waals surface area (Å²) in [6.45, 7) is 9.53. The number of hydrogen-bond donors (Lipinski definition) is 3. The van der Waals surface area contributed by atoms with Gasteiger partial charge in [-0.05, 0) is 56.9 Å². The molecule has 0 heterocycles. The van der Waals surface area contributed by atoms with E-state index < -0.39 is 52.1 Å². The molecule has 38 heavy (non-hydrogen) atoms.